The second-order valence-corrected chi connectivity index (χ2v) is 4.74. The summed E-state index contributed by atoms with van der Waals surface area (Å²) in [4.78, 5) is 15.2. The molecule has 7 heteroatoms. The van der Waals surface area contributed by atoms with E-state index in [-0.39, 0.29) is 12.3 Å². The molecule has 0 aliphatic rings. The van der Waals surface area contributed by atoms with Gasteiger partial charge in [-0.15, -0.1) is 16.4 Å². The highest BCUT2D eigenvalue weighted by Gasteiger charge is 2.15. The first-order valence-electron chi connectivity index (χ1n) is 5.86. The van der Waals surface area contributed by atoms with E-state index in [1.165, 1.54) is 16.0 Å². The highest BCUT2D eigenvalue weighted by atomic mass is 32.1. The van der Waals surface area contributed by atoms with Crippen molar-refractivity contribution < 1.29 is 9.53 Å². The summed E-state index contributed by atoms with van der Waals surface area (Å²) in [6.45, 7) is 0.199. The number of hydrogen-bond donors (Lipinski definition) is 0. The highest BCUT2D eigenvalue weighted by Crippen LogP contribution is 2.17. The Balaban J connectivity index is 1.88. The van der Waals surface area contributed by atoms with Crippen LogP contribution in [0.2, 0.25) is 0 Å². The molecule has 0 amide bonds. The van der Waals surface area contributed by atoms with Gasteiger partial charge in [0.1, 0.15) is 18.1 Å². The maximum atomic E-state index is 11.0. The number of nitrogens with zero attached hydrogens (tertiary/aromatic N) is 4. The zero-order valence-electron chi connectivity index (χ0n) is 10.3. The number of para-hydroxylation sites is 1. The largest absolute Gasteiger partial charge is 0.487 e. The minimum atomic E-state index is 0.199. The number of rotatable bonds is 5. The average molecular weight is 286 g/mol. The number of thiazole rings is 1. The molecule has 0 unspecified atom stereocenters. The number of ether oxygens (including phenoxy) is 1. The first kappa shape index (κ1) is 12.5. The molecular weight excluding hydrogens is 276 g/mol. The van der Waals surface area contributed by atoms with Gasteiger partial charge in [0.05, 0.1) is 0 Å². The van der Waals surface area contributed by atoms with Crippen molar-refractivity contribution in [3.63, 3.8) is 0 Å². The number of aldehydes is 1. The lowest BCUT2D eigenvalue weighted by Crippen LogP contribution is -2.07. The molecule has 100 valence electrons. The molecule has 0 saturated carbocycles. The van der Waals surface area contributed by atoms with Crippen LogP contribution in [0.4, 0.5) is 0 Å². The van der Waals surface area contributed by atoms with E-state index in [1.54, 1.807) is 6.20 Å². The second kappa shape index (κ2) is 5.62. The molecule has 0 aliphatic carbocycles. The van der Waals surface area contributed by atoms with Crippen molar-refractivity contribution in [2.45, 2.75) is 6.61 Å². The number of aromatic nitrogens is 4. The maximum absolute atomic E-state index is 11.0. The molecule has 6 nitrogen and oxygen atoms in total. The molecule has 0 N–H and O–H groups in total. The fraction of sp³-hybridized carbons (Fsp3) is 0.0769. The molecule has 0 saturated heterocycles. The third kappa shape index (κ3) is 2.43. The van der Waals surface area contributed by atoms with Gasteiger partial charge in [-0.2, -0.15) is 4.68 Å². The van der Waals surface area contributed by atoms with Gasteiger partial charge in [0, 0.05) is 11.6 Å². The molecule has 2 aromatic heterocycles. The Labute approximate surface area is 118 Å². The molecule has 0 atom stereocenters. The standard InChI is InChI=1S/C13H10N4O2S/c18-8-11-12(9-19-10-4-2-1-3-5-10)17(16-15-11)13-14-6-7-20-13/h1-8H,9H2. The van der Waals surface area contributed by atoms with Crippen molar-refractivity contribution in [2.75, 3.05) is 0 Å². The Kier molecular flexibility index (Phi) is 3.51. The molecule has 0 aliphatic heterocycles. The summed E-state index contributed by atoms with van der Waals surface area (Å²) in [5, 5.41) is 10.3. The lowest BCUT2D eigenvalue weighted by molar-refractivity contribution is 0.111. The average Bonchev–Trinajstić information content (AvgIpc) is 3.14. The monoisotopic (exact) mass is 286 g/mol. The third-order valence-electron chi connectivity index (χ3n) is 2.62. The Morgan fingerprint density at radius 3 is 2.85 bits per heavy atom. The van der Waals surface area contributed by atoms with Crippen LogP contribution in [-0.2, 0) is 6.61 Å². The molecule has 2 heterocycles. The molecule has 3 aromatic rings. The third-order valence-corrected chi connectivity index (χ3v) is 3.37. The van der Waals surface area contributed by atoms with Crippen LogP contribution in [0.3, 0.4) is 0 Å². The van der Waals surface area contributed by atoms with Crippen LogP contribution >= 0.6 is 11.3 Å². The Bertz CT molecular complexity index is 695. The summed E-state index contributed by atoms with van der Waals surface area (Å²) in [5.74, 6) is 0.719. The summed E-state index contributed by atoms with van der Waals surface area (Å²) >= 11 is 1.41. The Hall–Kier alpha value is -2.54. The van der Waals surface area contributed by atoms with E-state index in [1.807, 2.05) is 35.7 Å². The lowest BCUT2D eigenvalue weighted by Gasteiger charge is -2.06. The van der Waals surface area contributed by atoms with Gasteiger partial charge >= 0.3 is 0 Å². The van der Waals surface area contributed by atoms with Crippen LogP contribution in [0.5, 0.6) is 5.75 Å². The van der Waals surface area contributed by atoms with E-state index >= 15 is 0 Å². The zero-order chi connectivity index (χ0) is 13.8. The zero-order valence-corrected chi connectivity index (χ0v) is 11.2. The van der Waals surface area contributed by atoms with Gasteiger partial charge in [-0.1, -0.05) is 23.4 Å². The first-order chi connectivity index (χ1) is 9.88. The van der Waals surface area contributed by atoms with Crippen molar-refractivity contribution in [1.82, 2.24) is 20.0 Å². The molecule has 0 spiro atoms. The topological polar surface area (TPSA) is 69.9 Å². The fourth-order valence-electron chi connectivity index (χ4n) is 1.68. The Morgan fingerprint density at radius 1 is 1.30 bits per heavy atom. The van der Waals surface area contributed by atoms with Crippen LogP contribution < -0.4 is 4.74 Å². The van der Waals surface area contributed by atoms with Crippen LogP contribution in [0, 0.1) is 0 Å². The van der Waals surface area contributed by atoms with E-state index in [4.69, 9.17) is 4.74 Å². The predicted molar refractivity (Wildman–Crippen MR) is 73.2 cm³/mol. The van der Waals surface area contributed by atoms with Crippen LogP contribution in [0.1, 0.15) is 16.2 Å². The van der Waals surface area contributed by atoms with Gasteiger partial charge in [0.15, 0.2) is 12.0 Å². The number of benzene rings is 1. The molecule has 0 bridgehead atoms. The minimum Gasteiger partial charge on any atom is -0.487 e. The van der Waals surface area contributed by atoms with Gasteiger partial charge in [0.25, 0.3) is 0 Å². The van der Waals surface area contributed by atoms with E-state index in [0.717, 1.165) is 5.75 Å². The lowest BCUT2D eigenvalue weighted by atomic mass is 10.3. The van der Waals surface area contributed by atoms with Crippen LogP contribution in [0.15, 0.2) is 41.9 Å². The van der Waals surface area contributed by atoms with Gasteiger partial charge in [-0.05, 0) is 12.1 Å². The van der Waals surface area contributed by atoms with Crippen LogP contribution in [-0.4, -0.2) is 26.3 Å². The number of carbonyl (C=O) groups excluding carboxylic acids is 1. The fourth-order valence-corrected chi connectivity index (χ4v) is 2.29. The van der Waals surface area contributed by atoms with E-state index < -0.39 is 0 Å². The molecular formula is C13H10N4O2S. The molecule has 3 rings (SSSR count). The molecule has 1 aromatic carbocycles. The second-order valence-electron chi connectivity index (χ2n) is 3.87. The van der Waals surface area contributed by atoms with E-state index in [0.29, 0.717) is 17.1 Å². The van der Waals surface area contributed by atoms with E-state index in [2.05, 4.69) is 15.3 Å². The highest BCUT2D eigenvalue weighted by molar-refractivity contribution is 7.12. The van der Waals surface area contributed by atoms with Crippen molar-refractivity contribution in [2.24, 2.45) is 0 Å². The normalized spacial score (nSPS) is 10.4. The van der Waals surface area contributed by atoms with Crippen LogP contribution in [0.25, 0.3) is 5.13 Å². The SMILES string of the molecule is O=Cc1nnn(-c2nccs2)c1COc1ccccc1. The van der Waals surface area contributed by atoms with Crippen molar-refractivity contribution in [3.05, 3.63) is 53.3 Å². The van der Waals surface area contributed by atoms with E-state index in [9.17, 15) is 4.79 Å². The summed E-state index contributed by atoms with van der Waals surface area (Å²) < 4.78 is 7.17. The quantitative estimate of drug-likeness (QED) is 0.672. The summed E-state index contributed by atoms with van der Waals surface area (Å²) in [6, 6.07) is 9.36. The first-order valence-corrected chi connectivity index (χ1v) is 6.74. The molecule has 0 fully saturated rings. The summed E-state index contributed by atoms with van der Waals surface area (Å²) in [5.41, 5.74) is 0.843. The summed E-state index contributed by atoms with van der Waals surface area (Å²) in [7, 11) is 0. The van der Waals surface area contributed by atoms with Gasteiger partial charge in [-0.3, -0.25) is 4.79 Å². The van der Waals surface area contributed by atoms with Crippen molar-refractivity contribution >= 4 is 17.6 Å². The predicted octanol–water partition coefficient (Wildman–Crippen LogP) is 2.12. The number of carbonyl (C=O) groups is 1. The van der Waals surface area contributed by atoms with Gasteiger partial charge < -0.3 is 4.74 Å². The van der Waals surface area contributed by atoms with Gasteiger partial charge in [-0.25, -0.2) is 4.98 Å². The number of hydrogen-bond acceptors (Lipinski definition) is 6. The van der Waals surface area contributed by atoms with Crippen molar-refractivity contribution in [1.29, 1.82) is 0 Å². The summed E-state index contributed by atoms with van der Waals surface area (Å²) in [6.07, 6.45) is 2.34. The molecule has 0 radical (unpaired) electrons. The van der Waals surface area contributed by atoms with Gasteiger partial charge in [0.2, 0.25) is 5.13 Å². The Morgan fingerprint density at radius 2 is 2.15 bits per heavy atom. The maximum Gasteiger partial charge on any atom is 0.212 e. The smallest absolute Gasteiger partial charge is 0.212 e. The molecule has 20 heavy (non-hydrogen) atoms. The minimum absolute atomic E-state index is 0.199. The van der Waals surface area contributed by atoms with Crippen molar-refractivity contribution in [3.8, 4) is 10.9 Å².